The quantitative estimate of drug-likeness (QED) is 0.727. The fraction of sp³-hybridized carbons (Fsp3) is 0.571. The van der Waals surface area contributed by atoms with E-state index in [4.69, 9.17) is 5.73 Å². The van der Waals surface area contributed by atoms with Crippen molar-refractivity contribution in [1.29, 1.82) is 0 Å². The van der Waals surface area contributed by atoms with Gasteiger partial charge < -0.3 is 5.73 Å². The Bertz CT molecular complexity index is 195. The van der Waals surface area contributed by atoms with Crippen molar-refractivity contribution in [3.63, 3.8) is 0 Å². The van der Waals surface area contributed by atoms with Gasteiger partial charge in [0.2, 0.25) is 0 Å². The van der Waals surface area contributed by atoms with Crippen LogP contribution in [-0.4, -0.2) is 4.37 Å². The Morgan fingerprint density at radius 1 is 1.70 bits per heavy atom. The van der Waals surface area contributed by atoms with Crippen LogP contribution >= 0.6 is 11.5 Å². The van der Waals surface area contributed by atoms with Gasteiger partial charge >= 0.3 is 0 Å². The lowest BCUT2D eigenvalue weighted by Gasteiger charge is -1.93. The van der Waals surface area contributed by atoms with E-state index in [0.29, 0.717) is 0 Å². The maximum absolute atomic E-state index is 5.58. The van der Waals surface area contributed by atoms with Gasteiger partial charge in [0, 0.05) is 10.9 Å². The molecule has 1 rings (SSSR count). The van der Waals surface area contributed by atoms with E-state index in [0.717, 1.165) is 12.2 Å². The molecule has 0 aliphatic rings. The first-order chi connectivity index (χ1) is 4.84. The van der Waals surface area contributed by atoms with Gasteiger partial charge in [0.15, 0.2) is 0 Å². The summed E-state index contributed by atoms with van der Waals surface area (Å²) in [5.74, 6) is 0.721. The SMILES string of the molecule is CCCCc1csnc1N. The minimum atomic E-state index is 0.721. The van der Waals surface area contributed by atoms with Crippen LogP contribution in [0.4, 0.5) is 5.82 Å². The summed E-state index contributed by atoms with van der Waals surface area (Å²) in [5.41, 5.74) is 6.80. The molecule has 0 aliphatic heterocycles. The molecule has 0 unspecified atom stereocenters. The summed E-state index contributed by atoms with van der Waals surface area (Å²) in [6.45, 7) is 2.18. The molecule has 10 heavy (non-hydrogen) atoms. The van der Waals surface area contributed by atoms with E-state index in [1.165, 1.54) is 29.9 Å². The first kappa shape index (κ1) is 7.54. The minimum Gasteiger partial charge on any atom is -0.383 e. The third kappa shape index (κ3) is 1.70. The van der Waals surface area contributed by atoms with Gasteiger partial charge in [0.1, 0.15) is 5.82 Å². The number of aryl methyl sites for hydroxylation is 1. The molecular formula is C7H12N2S. The molecule has 0 radical (unpaired) electrons. The number of rotatable bonds is 3. The number of nitrogens with two attached hydrogens (primary N) is 1. The Balaban J connectivity index is 2.49. The summed E-state index contributed by atoms with van der Waals surface area (Å²) in [4.78, 5) is 0. The molecule has 0 spiro atoms. The molecule has 0 aromatic carbocycles. The van der Waals surface area contributed by atoms with Crippen LogP contribution < -0.4 is 5.73 Å². The van der Waals surface area contributed by atoms with Crippen LogP contribution in [-0.2, 0) is 6.42 Å². The first-order valence-electron chi connectivity index (χ1n) is 3.53. The summed E-state index contributed by atoms with van der Waals surface area (Å²) < 4.78 is 3.99. The van der Waals surface area contributed by atoms with Gasteiger partial charge in [-0.3, -0.25) is 0 Å². The van der Waals surface area contributed by atoms with E-state index >= 15 is 0 Å². The fourth-order valence-corrected chi connectivity index (χ4v) is 1.47. The zero-order valence-electron chi connectivity index (χ0n) is 6.13. The highest BCUT2D eigenvalue weighted by molar-refractivity contribution is 7.04. The molecule has 2 nitrogen and oxygen atoms in total. The maximum atomic E-state index is 5.58. The Hall–Kier alpha value is -0.570. The summed E-state index contributed by atoms with van der Waals surface area (Å²) in [6, 6.07) is 0. The third-order valence-corrected chi connectivity index (χ3v) is 2.17. The van der Waals surface area contributed by atoms with Crippen molar-refractivity contribution in [3.05, 3.63) is 10.9 Å². The van der Waals surface area contributed by atoms with Crippen LogP contribution in [0.1, 0.15) is 25.3 Å². The highest BCUT2D eigenvalue weighted by atomic mass is 32.1. The van der Waals surface area contributed by atoms with Crippen LogP contribution in [0.5, 0.6) is 0 Å². The molecule has 2 N–H and O–H groups in total. The average molecular weight is 156 g/mol. The summed E-state index contributed by atoms with van der Waals surface area (Å²) >= 11 is 1.44. The van der Waals surface area contributed by atoms with Gasteiger partial charge in [-0.1, -0.05) is 13.3 Å². The molecule has 0 fully saturated rings. The smallest absolute Gasteiger partial charge is 0.140 e. The zero-order chi connectivity index (χ0) is 7.40. The van der Waals surface area contributed by atoms with E-state index in [1.807, 2.05) is 5.38 Å². The predicted octanol–water partition coefficient (Wildman–Crippen LogP) is 2.07. The number of unbranched alkanes of at least 4 members (excludes halogenated alkanes) is 1. The van der Waals surface area contributed by atoms with Crippen molar-refractivity contribution in [2.75, 3.05) is 5.73 Å². The Labute approximate surface area is 65.2 Å². The van der Waals surface area contributed by atoms with E-state index < -0.39 is 0 Å². The third-order valence-electron chi connectivity index (χ3n) is 1.47. The highest BCUT2D eigenvalue weighted by Gasteiger charge is 1.99. The van der Waals surface area contributed by atoms with Gasteiger partial charge in [0.05, 0.1) is 0 Å². The van der Waals surface area contributed by atoms with Crippen molar-refractivity contribution in [3.8, 4) is 0 Å². The number of anilines is 1. The monoisotopic (exact) mass is 156 g/mol. The molecule has 0 saturated carbocycles. The molecule has 0 saturated heterocycles. The van der Waals surface area contributed by atoms with Crippen molar-refractivity contribution in [2.45, 2.75) is 26.2 Å². The lowest BCUT2D eigenvalue weighted by atomic mass is 10.1. The fourth-order valence-electron chi connectivity index (χ4n) is 0.820. The van der Waals surface area contributed by atoms with E-state index in [-0.39, 0.29) is 0 Å². The highest BCUT2D eigenvalue weighted by Crippen LogP contribution is 2.14. The Morgan fingerprint density at radius 2 is 2.50 bits per heavy atom. The Morgan fingerprint density at radius 3 is 3.00 bits per heavy atom. The summed E-state index contributed by atoms with van der Waals surface area (Å²) in [7, 11) is 0. The molecule has 0 aliphatic carbocycles. The van der Waals surface area contributed by atoms with Crippen LogP contribution in [0.15, 0.2) is 5.38 Å². The molecule has 0 amide bonds. The number of hydrogen-bond acceptors (Lipinski definition) is 3. The Kier molecular flexibility index (Phi) is 2.68. The van der Waals surface area contributed by atoms with Crippen molar-refractivity contribution >= 4 is 17.4 Å². The molecule has 56 valence electrons. The molecule has 1 aromatic rings. The van der Waals surface area contributed by atoms with E-state index in [9.17, 15) is 0 Å². The van der Waals surface area contributed by atoms with E-state index in [2.05, 4.69) is 11.3 Å². The largest absolute Gasteiger partial charge is 0.383 e. The molecule has 3 heteroatoms. The standard InChI is InChI=1S/C7H12N2S/c1-2-3-4-6-5-10-9-7(6)8/h5H,2-4H2,1H3,(H2,8,9). The second-order valence-electron chi connectivity index (χ2n) is 2.33. The second kappa shape index (κ2) is 3.56. The molecular weight excluding hydrogens is 144 g/mol. The van der Waals surface area contributed by atoms with Crippen molar-refractivity contribution in [1.82, 2.24) is 4.37 Å². The molecule has 1 heterocycles. The van der Waals surface area contributed by atoms with Crippen molar-refractivity contribution < 1.29 is 0 Å². The van der Waals surface area contributed by atoms with Gasteiger partial charge in [-0.05, 0) is 24.4 Å². The maximum Gasteiger partial charge on any atom is 0.140 e. The van der Waals surface area contributed by atoms with Crippen LogP contribution in [0.2, 0.25) is 0 Å². The molecule has 0 atom stereocenters. The van der Waals surface area contributed by atoms with Crippen LogP contribution in [0.25, 0.3) is 0 Å². The zero-order valence-corrected chi connectivity index (χ0v) is 6.95. The number of aromatic nitrogens is 1. The van der Waals surface area contributed by atoms with Crippen LogP contribution in [0.3, 0.4) is 0 Å². The lowest BCUT2D eigenvalue weighted by Crippen LogP contribution is -1.90. The summed E-state index contributed by atoms with van der Waals surface area (Å²) in [6.07, 6.45) is 3.51. The number of nitrogen functional groups attached to an aromatic ring is 1. The molecule has 1 aromatic heterocycles. The van der Waals surface area contributed by atoms with E-state index in [1.54, 1.807) is 0 Å². The van der Waals surface area contributed by atoms with Crippen molar-refractivity contribution in [2.24, 2.45) is 0 Å². The predicted molar refractivity (Wildman–Crippen MR) is 45.1 cm³/mol. The summed E-state index contributed by atoms with van der Waals surface area (Å²) in [5, 5.41) is 2.03. The second-order valence-corrected chi connectivity index (χ2v) is 2.96. The minimum absolute atomic E-state index is 0.721. The van der Waals surface area contributed by atoms with Gasteiger partial charge in [-0.25, -0.2) is 0 Å². The topological polar surface area (TPSA) is 38.9 Å². The van der Waals surface area contributed by atoms with Gasteiger partial charge in [0.25, 0.3) is 0 Å². The van der Waals surface area contributed by atoms with Gasteiger partial charge in [-0.2, -0.15) is 4.37 Å². The number of nitrogens with zero attached hydrogens (tertiary/aromatic N) is 1. The van der Waals surface area contributed by atoms with Crippen LogP contribution in [0, 0.1) is 0 Å². The van der Waals surface area contributed by atoms with Gasteiger partial charge in [-0.15, -0.1) is 0 Å². The number of hydrogen-bond donors (Lipinski definition) is 1. The normalized spacial score (nSPS) is 10.1. The lowest BCUT2D eigenvalue weighted by molar-refractivity contribution is 0.797. The average Bonchev–Trinajstić information content (AvgIpc) is 2.31. The first-order valence-corrected chi connectivity index (χ1v) is 4.37. The molecule has 0 bridgehead atoms.